The van der Waals surface area contributed by atoms with Crippen molar-refractivity contribution in [1.82, 2.24) is 4.72 Å². The van der Waals surface area contributed by atoms with Crippen molar-refractivity contribution >= 4 is 26.6 Å². The summed E-state index contributed by atoms with van der Waals surface area (Å²) in [5.41, 5.74) is -1.56. The van der Waals surface area contributed by atoms with Crippen molar-refractivity contribution < 1.29 is 48.1 Å². The van der Waals surface area contributed by atoms with E-state index in [-0.39, 0.29) is 32.3 Å². The molecule has 2 fully saturated rings. The van der Waals surface area contributed by atoms with Crippen molar-refractivity contribution in [3.8, 4) is 5.75 Å². The van der Waals surface area contributed by atoms with E-state index in [1.54, 1.807) is 11.6 Å². The van der Waals surface area contributed by atoms with Gasteiger partial charge < -0.3 is 4.74 Å². The number of hydrogen-bond acceptors (Lipinski definition) is 5. The fourth-order valence-corrected chi connectivity index (χ4v) is 11.0. The lowest BCUT2D eigenvalue weighted by Gasteiger charge is -2.54. The van der Waals surface area contributed by atoms with Gasteiger partial charge in [0.15, 0.2) is 21.4 Å². The third-order valence-electron chi connectivity index (χ3n) is 8.68. The van der Waals surface area contributed by atoms with Gasteiger partial charge in [-0.1, -0.05) is 0 Å². The van der Waals surface area contributed by atoms with Crippen LogP contribution in [0.3, 0.4) is 0 Å². The van der Waals surface area contributed by atoms with Crippen molar-refractivity contribution in [2.75, 3.05) is 20.2 Å². The maximum atomic E-state index is 15.6. The molecule has 0 radical (unpaired) electrons. The van der Waals surface area contributed by atoms with Gasteiger partial charge in [0.1, 0.15) is 30.9 Å². The van der Waals surface area contributed by atoms with Gasteiger partial charge in [-0.15, -0.1) is 0 Å². The number of sulfone groups is 1. The van der Waals surface area contributed by atoms with Gasteiger partial charge in [-0.2, -0.15) is 13.2 Å². The molecule has 1 aliphatic carbocycles. The molecule has 1 saturated carbocycles. The van der Waals surface area contributed by atoms with Crippen molar-refractivity contribution in [2.24, 2.45) is 11.8 Å². The van der Waals surface area contributed by atoms with E-state index in [1.165, 1.54) is 0 Å². The quantitative estimate of drug-likeness (QED) is 0.296. The number of benzene rings is 2. The summed E-state index contributed by atoms with van der Waals surface area (Å²) in [6.07, 6.45) is -4.18. The van der Waals surface area contributed by atoms with Crippen LogP contribution in [0.4, 0.5) is 22.0 Å². The molecule has 7 nitrogen and oxygen atoms in total. The predicted octanol–water partition coefficient (Wildman–Crippen LogP) is 4.25. The van der Waals surface area contributed by atoms with E-state index in [4.69, 9.17) is 4.74 Å². The molecule has 1 N–H and O–H groups in total. The van der Waals surface area contributed by atoms with Gasteiger partial charge in [0.2, 0.25) is 10.0 Å². The average Bonchev–Trinajstić information content (AvgIpc) is 2.89. The second-order valence-electron chi connectivity index (χ2n) is 11.1. The minimum Gasteiger partial charge on any atom is -0.490 e. The molecule has 2 aromatic carbocycles. The zero-order chi connectivity index (χ0) is 30.0. The Balaban J connectivity index is 1.64. The molecule has 0 unspecified atom stereocenters. The van der Waals surface area contributed by atoms with Crippen LogP contribution in [0.1, 0.15) is 43.2 Å². The summed E-state index contributed by atoms with van der Waals surface area (Å²) in [6.45, 7) is 3.94. The Morgan fingerprint density at radius 1 is 1.12 bits per heavy atom. The van der Waals surface area contributed by atoms with Crippen LogP contribution < -0.4 is 9.46 Å². The Kier molecular flexibility index (Phi) is 7.51. The summed E-state index contributed by atoms with van der Waals surface area (Å²) < 4.78 is 133. The first-order chi connectivity index (χ1) is 19.1. The third-order valence-corrected chi connectivity index (χ3v) is 13.2. The molecular weight excluding hydrogens is 591 g/mol. The Morgan fingerprint density at radius 3 is 2.41 bits per heavy atom. The number of rotatable bonds is 6. The maximum absolute atomic E-state index is 15.6. The van der Waals surface area contributed by atoms with E-state index >= 15 is 4.39 Å². The van der Waals surface area contributed by atoms with E-state index in [1.807, 2.05) is 0 Å². The van der Waals surface area contributed by atoms with Crippen LogP contribution in [0.2, 0.25) is 0 Å². The van der Waals surface area contributed by atoms with Gasteiger partial charge in [-0.3, -0.25) is 0 Å². The molecule has 1 saturated heterocycles. The minimum atomic E-state index is -4.71. The van der Waals surface area contributed by atoms with Gasteiger partial charge in [-0.25, -0.2) is 34.9 Å². The van der Waals surface area contributed by atoms with Crippen molar-refractivity contribution in [2.45, 2.75) is 59.2 Å². The summed E-state index contributed by atoms with van der Waals surface area (Å²) in [4.78, 5) is -0.475. The van der Waals surface area contributed by atoms with Crippen LogP contribution >= 0.6 is 0 Å². The molecule has 2 aliphatic heterocycles. The lowest BCUT2D eigenvalue weighted by molar-refractivity contribution is -0.488. The summed E-state index contributed by atoms with van der Waals surface area (Å²) in [5.74, 6) is -4.19. The molecule has 41 heavy (non-hydrogen) atoms. The summed E-state index contributed by atoms with van der Waals surface area (Å²) in [7, 11) is -6.68. The van der Waals surface area contributed by atoms with Gasteiger partial charge in [0.25, 0.3) is 0 Å². The molecule has 0 bridgehead atoms. The smallest absolute Gasteiger partial charge is 0.416 e. The van der Waals surface area contributed by atoms with Crippen LogP contribution in [-0.2, 0) is 30.8 Å². The number of ether oxygens (including phenoxy) is 1. The van der Waals surface area contributed by atoms with Crippen LogP contribution in [0.5, 0.6) is 5.75 Å². The van der Waals surface area contributed by atoms with Crippen LogP contribution in [0.15, 0.2) is 41.3 Å². The summed E-state index contributed by atoms with van der Waals surface area (Å²) in [5, 5.41) is -0.868. The highest BCUT2D eigenvalue weighted by atomic mass is 32.2. The molecular formula is C27H30F5N2O5S2+. The summed E-state index contributed by atoms with van der Waals surface area (Å²) >= 11 is 0. The van der Waals surface area contributed by atoms with Gasteiger partial charge in [0.05, 0.1) is 27.9 Å². The fraction of sp³-hybridized carbons (Fsp3) is 0.519. The van der Waals surface area contributed by atoms with E-state index in [9.17, 15) is 34.4 Å². The fourth-order valence-electron chi connectivity index (χ4n) is 6.78. The molecule has 0 amide bonds. The minimum absolute atomic E-state index is 0.00993. The van der Waals surface area contributed by atoms with Crippen LogP contribution in [0.25, 0.3) is 0 Å². The SMILES string of the molecule is C=[N+](C)CCC[C@@H]1C[C@@H]2[C@@H](CC[C@@]3(S(=O)(=O)c4ccc(C(F)(F)F)cc4)c4c(F)ccc(F)c4OC[C@@H]23)NS1(=O)=O. The number of nitrogens with zero attached hydrogens (tertiary/aromatic N) is 1. The molecule has 5 atom stereocenters. The molecule has 224 valence electrons. The first kappa shape index (κ1) is 29.9. The van der Waals surface area contributed by atoms with E-state index in [2.05, 4.69) is 11.4 Å². The molecule has 2 aromatic rings. The highest BCUT2D eigenvalue weighted by molar-refractivity contribution is 7.92. The number of alkyl halides is 3. The predicted molar refractivity (Wildman–Crippen MR) is 140 cm³/mol. The average molecular weight is 622 g/mol. The number of hydrogen-bond donors (Lipinski definition) is 1. The monoisotopic (exact) mass is 621 g/mol. The van der Waals surface area contributed by atoms with Crippen molar-refractivity contribution in [3.63, 3.8) is 0 Å². The lowest BCUT2D eigenvalue weighted by Crippen LogP contribution is -2.63. The summed E-state index contributed by atoms with van der Waals surface area (Å²) in [6, 6.07) is 3.87. The maximum Gasteiger partial charge on any atom is 0.416 e. The van der Waals surface area contributed by atoms with Crippen LogP contribution in [-0.4, -0.2) is 59.6 Å². The van der Waals surface area contributed by atoms with Gasteiger partial charge >= 0.3 is 6.18 Å². The van der Waals surface area contributed by atoms with E-state index in [0.29, 0.717) is 25.1 Å². The van der Waals surface area contributed by atoms with Gasteiger partial charge in [0, 0.05) is 18.4 Å². The normalized spacial score (nSPS) is 29.0. The second kappa shape index (κ2) is 10.3. The first-order valence-corrected chi connectivity index (χ1v) is 16.2. The Bertz CT molecular complexity index is 1580. The lowest BCUT2D eigenvalue weighted by atomic mass is 9.64. The molecule has 0 spiro atoms. The second-order valence-corrected chi connectivity index (χ2v) is 15.3. The van der Waals surface area contributed by atoms with Gasteiger partial charge in [-0.05, 0) is 68.0 Å². The molecule has 5 rings (SSSR count). The topological polar surface area (TPSA) is 92.5 Å². The first-order valence-electron chi connectivity index (χ1n) is 13.2. The standard InChI is InChI=1S/C27H30F5N2O5S2/c1-34(2)13-3-4-18-14-19-20-15-39-25-22(29)10-9-21(28)24(25)26(20,12-11-23(19)33-41(18,37)38)40(35,36)17-7-5-16(6-8-17)27(30,31)32/h5-10,18-20,23,33H,1,3-4,11-15H2,2H3/q+1/t18-,19+,20+,23-,26+/m1/s1. The number of nitrogens with one attached hydrogen (secondary N) is 1. The Morgan fingerprint density at radius 2 is 1.78 bits per heavy atom. The van der Waals surface area contributed by atoms with E-state index in [0.717, 1.165) is 24.3 Å². The number of halogens is 5. The van der Waals surface area contributed by atoms with Crippen molar-refractivity contribution in [3.05, 3.63) is 59.2 Å². The molecule has 0 aromatic heterocycles. The van der Waals surface area contributed by atoms with E-state index < -0.39 is 87.3 Å². The number of fused-ring (bicyclic) bond motifs is 5. The zero-order valence-corrected chi connectivity index (χ0v) is 23.8. The highest BCUT2D eigenvalue weighted by Crippen LogP contribution is 2.59. The molecule has 3 aliphatic rings. The van der Waals surface area contributed by atoms with Crippen LogP contribution in [0, 0.1) is 23.5 Å². The molecule has 2 heterocycles. The highest BCUT2D eigenvalue weighted by Gasteiger charge is 2.64. The number of sulfonamides is 1. The van der Waals surface area contributed by atoms with Crippen molar-refractivity contribution in [1.29, 1.82) is 0 Å². The zero-order valence-electron chi connectivity index (χ0n) is 22.1. The third kappa shape index (κ3) is 4.95. The molecule has 14 heteroatoms. The Labute approximate surface area is 235 Å². The largest absolute Gasteiger partial charge is 0.490 e. The Hall–Kier alpha value is -2.58.